The zero-order chi connectivity index (χ0) is 18.4. The summed E-state index contributed by atoms with van der Waals surface area (Å²) in [5.41, 5.74) is 8.63. The Hall–Kier alpha value is -1.87. The summed E-state index contributed by atoms with van der Waals surface area (Å²) in [7, 11) is 0. The first-order chi connectivity index (χ1) is 11.9. The quantitative estimate of drug-likeness (QED) is 0.334. The molecular formula is C16H19N4NaO4. The number of nitrogens with one attached hydrogen (secondary N) is 2. The van der Waals surface area contributed by atoms with Crippen molar-refractivity contribution in [2.45, 2.75) is 31.3 Å². The summed E-state index contributed by atoms with van der Waals surface area (Å²) in [5.74, 6) is -2.71. The van der Waals surface area contributed by atoms with E-state index in [1.807, 2.05) is 30.0 Å². The maximum Gasteiger partial charge on any atom is 1.00 e. The van der Waals surface area contributed by atoms with Crippen LogP contribution < -0.4 is 51.4 Å². The van der Waals surface area contributed by atoms with Gasteiger partial charge < -0.3 is 31.7 Å². The molecule has 2 rings (SSSR count). The molecular weight excluding hydrogens is 335 g/mol. The van der Waals surface area contributed by atoms with E-state index in [4.69, 9.17) is 7.15 Å². The van der Waals surface area contributed by atoms with Crippen LogP contribution in [-0.4, -0.2) is 34.9 Å². The van der Waals surface area contributed by atoms with Crippen LogP contribution >= 0.6 is 0 Å². The minimum atomic E-state index is -1.40. The van der Waals surface area contributed by atoms with Crippen molar-refractivity contribution in [3.8, 4) is 0 Å². The van der Waals surface area contributed by atoms with E-state index in [1.54, 1.807) is 6.20 Å². The van der Waals surface area contributed by atoms with Crippen LogP contribution in [0.2, 0.25) is 1.41 Å². The molecule has 0 fully saturated rings. The Balaban J connectivity index is 0.00000338. The van der Waals surface area contributed by atoms with Crippen molar-refractivity contribution in [1.82, 2.24) is 10.3 Å². The maximum atomic E-state index is 11.9. The average Bonchev–Trinajstić information content (AvgIpc) is 2.97. The molecule has 0 bridgehead atoms. The normalized spacial score (nSPS) is 13.4. The Morgan fingerprint density at radius 2 is 2.04 bits per heavy atom. The molecule has 0 spiro atoms. The van der Waals surface area contributed by atoms with Gasteiger partial charge in [0.2, 0.25) is 11.8 Å². The first-order valence-corrected chi connectivity index (χ1v) is 7.44. The first-order valence-electron chi connectivity index (χ1n) is 7.94. The van der Waals surface area contributed by atoms with Crippen LogP contribution in [-0.2, 0) is 20.8 Å². The second kappa shape index (κ2) is 9.57. The summed E-state index contributed by atoms with van der Waals surface area (Å²) in [6.07, 6.45) is 1.61. The smallest absolute Gasteiger partial charge is 0.548 e. The fraction of sp³-hybridized carbons (Fsp3) is 0.312. The largest absolute Gasteiger partial charge is 1.00 e. The van der Waals surface area contributed by atoms with Gasteiger partial charge in [-0.2, -0.15) is 0 Å². The zero-order valence-electron chi connectivity index (χ0n) is 14.9. The van der Waals surface area contributed by atoms with Crippen LogP contribution in [0.15, 0.2) is 30.5 Å². The van der Waals surface area contributed by atoms with E-state index >= 15 is 0 Å². The third kappa shape index (κ3) is 5.86. The van der Waals surface area contributed by atoms with Crippen molar-refractivity contribution >= 4 is 28.7 Å². The number of aliphatic carboxylic acids is 1. The molecule has 0 aliphatic carbocycles. The molecule has 8 nitrogen and oxygen atoms in total. The number of benzene rings is 1. The molecule has 25 heavy (non-hydrogen) atoms. The van der Waals surface area contributed by atoms with Gasteiger partial charge in [0, 0.05) is 29.9 Å². The monoisotopic (exact) mass is 355 g/mol. The number of rotatable bonds is 9. The molecule has 128 valence electrons. The number of hydrogen-bond acceptors (Lipinski definition) is 5. The van der Waals surface area contributed by atoms with Gasteiger partial charge in [0.15, 0.2) is 0 Å². The number of aromatic amines is 1. The number of hydrogen-bond donors (Lipinski definition) is 4. The molecule has 2 amide bonds. The number of fused-ring (bicyclic) bond motifs is 1. The predicted molar refractivity (Wildman–Crippen MR) is 85.3 cm³/mol. The number of carboxylic acid groups (broad SMARTS) is 1. The van der Waals surface area contributed by atoms with Gasteiger partial charge in [0.25, 0.3) is 0 Å². The van der Waals surface area contributed by atoms with Gasteiger partial charge in [-0.1, -0.05) is 18.2 Å². The Morgan fingerprint density at radius 3 is 2.68 bits per heavy atom. The van der Waals surface area contributed by atoms with Crippen molar-refractivity contribution in [2.75, 3.05) is 0 Å². The predicted octanol–water partition coefficient (Wildman–Crippen LogP) is -4.46. The third-order valence-electron chi connectivity index (χ3n) is 3.72. The van der Waals surface area contributed by atoms with Crippen LogP contribution in [0.25, 0.3) is 10.9 Å². The Kier molecular flexibility index (Phi) is 7.45. The zero-order valence-corrected chi connectivity index (χ0v) is 15.9. The van der Waals surface area contributed by atoms with Gasteiger partial charge in [-0.15, -0.1) is 0 Å². The topological polar surface area (TPSA) is 154 Å². The van der Waals surface area contributed by atoms with Gasteiger partial charge >= 0.3 is 29.6 Å². The first kappa shape index (κ1) is 19.5. The molecule has 1 aromatic heterocycles. The number of carboxylic acids is 1. The van der Waals surface area contributed by atoms with E-state index in [-0.39, 0.29) is 48.8 Å². The second-order valence-corrected chi connectivity index (χ2v) is 5.50. The molecule has 6 N–H and O–H groups in total. The fourth-order valence-corrected chi connectivity index (χ4v) is 2.40. The average molecular weight is 355 g/mol. The van der Waals surface area contributed by atoms with E-state index in [0.717, 1.165) is 16.5 Å². The third-order valence-corrected chi connectivity index (χ3v) is 3.72. The van der Waals surface area contributed by atoms with E-state index in [1.165, 1.54) is 0 Å². The summed E-state index contributed by atoms with van der Waals surface area (Å²) in [6, 6.07) is 5.24. The van der Waals surface area contributed by atoms with Crippen LogP contribution in [0, 0.1) is 0 Å². The van der Waals surface area contributed by atoms with Crippen LogP contribution in [0.4, 0.5) is 0 Å². The van der Waals surface area contributed by atoms with E-state index in [2.05, 4.69) is 10.3 Å². The number of carbonyl (C=O) groups excluding carboxylic acids is 3. The Bertz CT molecular complexity index is 782. The van der Waals surface area contributed by atoms with Gasteiger partial charge in [-0.3, -0.25) is 9.59 Å². The van der Waals surface area contributed by atoms with Crippen molar-refractivity contribution in [1.29, 1.82) is 0 Å². The molecule has 0 unspecified atom stereocenters. The fourth-order valence-electron chi connectivity index (χ4n) is 2.40. The number of amides is 2. The Labute approximate surface area is 168 Å². The van der Waals surface area contributed by atoms with Crippen molar-refractivity contribution in [2.24, 2.45) is 11.5 Å². The maximum absolute atomic E-state index is 11.9. The van der Waals surface area contributed by atoms with Crippen LogP contribution in [0.5, 0.6) is 0 Å². The number of aromatic nitrogens is 1. The SMILES string of the molecule is [2H]N[C@@H](CCC(=O)N[C@@H](Cc1c[nH]c2ccccc12)C(=O)[O-])C(N)=O.[Na+]. The summed E-state index contributed by atoms with van der Waals surface area (Å²) in [6.45, 7) is 0. The summed E-state index contributed by atoms with van der Waals surface area (Å²) >= 11 is 0. The minimum absolute atomic E-state index is 0. The Morgan fingerprint density at radius 1 is 1.32 bits per heavy atom. The van der Waals surface area contributed by atoms with E-state index in [9.17, 15) is 19.5 Å². The molecule has 1 heterocycles. The van der Waals surface area contributed by atoms with Gasteiger partial charge in [-0.25, -0.2) is 0 Å². The summed E-state index contributed by atoms with van der Waals surface area (Å²) < 4.78 is 6.96. The molecule has 1 aromatic carbocycles. The van der Waals surface area contributed by atoms with Gasteiger partial charge in [-0.05, 0) is 18.1 Å². The van der Waals surface area contributed by atoms with Gasteiger partial charge in [0.1, 0.15) is 1.41 Å². The molecule has 0 saturated carbocycles. The molecule has 0 aliphatic rings. The molecule has 0 radical (unpaired) electrons. The standard InChI is InChI=1S/C16H20N4O4.Na/c17-11(15(18)22)5-6-14(21)20-13(16(23)24)7-9-8-19-12-4-2-1-3-10(9)12;/h1-4,8,11,13,19H,5-7,17H2,(H2,18,22)(H,20,21)(H,23,24);/q;+1/p-1/t11-,13-;/m0./s1/i/hD. The number of H-pyrrole nitrogens is 1. The van der Waals surface area contributed by atoms with Crippen molar-refractivity contribution in [3.63, 3.8) is 0 Å². The van der Waals surface area contributed by atoms with Crippen molar-refractivity contribution in [3.05, 3.63) is 36.0 Å². The van der Waals surface area contributed by atoms with Gasteiger partial charge in [0.05, 0.1) is 18.1 Å². The van der Waals surface area contributed by atoms with E-state index < -0.39 is 29.9 Å². The molecule has 2 atom stereocenters. The van der Waals surface area contributed by atoms with Crippen molar-refractivity contribution < 1.29 is 50.5 Å². The van der Waals surface area contributed by atoms with E-state index in [0.29, 0.717) is 0 Å². The number of carbonyl (C=O) groups is 3. The van der Waals surface area contributed by atoms with Crippen LogP contribution in [0.3, 0.4) is 0 Å². The summed E-state index contributed by atoms with van der Waals surface area (Å²) in [4.78, 5) is 37.3. The number of nitrogens with two attached hydrogens (primary N) is 2. The number of para-hydroxylation sites is 1. The number of primary amides is 1. The summed E-state index contributed by atoms with van der Waals surface area (Å²) in [5, 5.41) is 14.6. The molecule has 2 aromatic rings. The molecule has 0 saturated heterocycles. The minimum Gasteiger partial charge on any atom is -0.548 e. The molecule has 0 aliphatic heterocycles. The van der Waals surface area contributed by atoms with Crippen LogP contribution in [0.1, 0.15) is 18.4 Å². The molecule has 9 heteroatoms. The second-order valence-electron chi connectivity index (χ2n) is 5.50.